The number of carboxylic acid groups (broad SMARTS) is 1. The number of carboxylic acids is 1. The number of hydrogen-bond donors (Lipinski definition) is 4. The van der Waals surface area contributed by atoms with E-state index in [0.717, 1.165) is 5.75 Å². The summed E-state index contributed by atoms with van der Waals surface area (Å²) in [5.41, 5.74) is 4.89. The van der Waals surface area contributed by atoms with Gasteiger partial charge in [0.1, 0.15) is 11.4 Å². The highest BCUT2D eigenvalue weighted by Gasteiger charge is 2.28. The Balaban J connectivity index is 2.50. The van der Waals surface area contributed by atoms with E-state index >= 15 is 0 Å². The van der Waals surface area contributed by atoms with Crippen molar-refractivity contribution < 1.29 is 19.5 Å². The summed E-state index contributed by atoms with van der Waals surface area (Å²) in [7, 11) is 0. The Morgan fingerprint density at radius 3 is 2.69 bits per heavy atom. The lowest BCUT2D eigenvalue weighted by atomic mass is 10.2. The predicted octanol–water partition coefficient (Wildman–Crippen LogP) is -1.91. The number of carbonyl (C=O) groups is 3. The molecule has 0 saturated carbocycles. The number of nitrogens with one attached hydrogen (secondary N) is 2. The first kappa shape index (κ1) is 12.8. The molecule has 7 nitrogen and oxygen atoms in total. The van der Waals surface area contributed by atoms with Crippen LogP contribution in [-0.2, 0) is 14.4 Å². The first-order valence-corrected chi connectivity index (χ1v) is 5.72. The Morgan fingerprint density at radius 2 is 2.25 bits per heavy atom. The second-order valence-corrected chi connectivity index (χ2v) is 4.49. The number of thioether (sulfide) groups is 1. The smallest absolute Gasteiger partial charge is 0.326 e. The van der Waals surface area contributed by atoms with Gasteiger partial charge in [0.25, 0.3) is 0 Å². The van der Waals surface area contributed by atoms with Crippen LogP contribution in [0.1, 0.15) is 6.42 Å². The van der Waals surface area contributed by atoms with Crippen LogP contribution in [0.15, 0.2) is 0 Å². The second-order valence-electron chi connectivity index (χ2n) is 3.27. The van der Waals surface area contributed by atoms with Gasteiger partial charge in [-0.2, -0.15) is 0 Å². The lowest BCUT2D eigenvalue weighted by molar-refractivity contribution is -0.143. The molecule has 16 heavy (non-hydrogen) atoms. The van der Waals surface area contributed by atoms with Gasteiger partial charge in [0.05, 0.1) is 6.42 Å². The number of rotatable bonds is 5. The second kappa shape index (κ2) is 5.71. The average Bonchev–Trinajstić information content (AvgIpc) is 2.68. The summed E-state index contributed by atoms with van der Waals surface area (Å²) in [5.74, 6) is -1.67. The largest absolute Gasteiger partial charge is 0.480 e. The van der Waals surface area contributed by atoms with E-state index < -0.39 is 35.6 Å². The maximum atomic E-state index is 11.5. The van der Waals surface area contributed by atoms with E-state index in [4.69, 9.17) is 10.8 Å². The lowest BCUT2D eigenvalue weighted by Crippen LogP contribution is -2.48. The van der Waals surface area contributed by atoms with Crippen LogP contribution >= 0.6 is 11.8 Å². The Morgan fingerprint density at radius 1 is 1.56 bits per heavy atom. The van der Waals surface area contributed by atoms with Crippen LogP contribution in [0.25, 0.3) is 0 Å². The molecule has 1 fully saturated rings. The van der Waals surface area contributed by atoms with Crippen molar-refractivity contribution in [3.05, 3.63) is 0 Å². The Bertz CT molecular complexity index is 304. The van der Waals surface area contributed by atoms with Crippen LogP contribution in [-0.4, -0.2) is 46.6 Å². The molecule has 0 aliphatic carbocycles. The Labute approximate surface area is 96.1 Å². The zero-order valence-electron chi connectivity index (χ0n) is 8.43. The number of primary amides is 1. The highest BCUT2D eigenvalue weighted by atomic mass is 32.2. The summed E-state index contributed by atoms with van der Waals surface area (Å²) in [4.78, 5) is 32.9. The van der Waals surface area contributed by atoms with Crippen molar-refractivity contribution in [3.63, 3.8) is 0 Å². The van der Waals surface area contributed by atoms with Gasteiger partial charge >= 0.3 is 5.97 Å². The summed E-state index contributed by atoms with van der Waals surface area (Å²) in [5, 5.41) is 13.5. The molecule has 0 aromatic carbocycles. The summed E-state index contributed by atoms with van der Waals surface area (Å²) < 4.78 is 0. The lowest BCUT2D eigenvalue weighted by Gasteiger charge is -2.15. The highest BCUT2D eigenvalue weighted by molar-refractivity contribution is 8.00. The van der Waals surface area contributed by atoms with E-state index in [1.807, 2.05) is 0 Å². The van der Waals surface area contributed by atoms with Crippen LogP contribution in [0.2, 0.25) is 0 Å². The molecule has 90 valence electrons. The maximum absolute atomic E-state index is 11.5. The monoisotopic (exact) mass is 247 g/mol. The Hall–Kier alpha value is -1.28. The van der Waals surface area contributed by atoms with Gasteiger partial charge in [-0.25, -0.2) is 4.79 Å². The molecule has 0 aromatic heterocycles. The highest BCUT2D eigenvalue weighted by Crippen LogP contribution is 2.13. The van der Waals surface area contributed by atoms with Gasteiger partial charge in [-0.15, -0.1) is 11.8 Å². The fraction of sp³-hybridized carbons (Fsp3) is 0.625. The zero-order chi connectivity index (χ0) is 12.1. The van der Waals surface area contributed by atoms with Crippen molar-refractivity contribution >= 4 is 29.5 Å². The molecule has 8 heteroatoms. The summed E-state index contributed by atoms with van der Waals surface area (Å²) in [6.45, 7) is 0.705. The van der Waals surface area contributed by atoms with Gasteiger partial charge in [-0.3, -0.25) is 14.9 Å². The fourth-order valence-corrected chi connectivity index (χ4v) is 2.17. The van der Waals surface area contributed by atoms with Crippen LogP contribution in [0.5, 0.6) is 0 Å². The average molecular weight is 247 g/mol. The van der Waals surface area contributed by atoms with E-state index in [2.05, 4.69) is 10.6 Å². The predicted molar refractivity (Wildman–Crippen MR) is 57.6 cm³/mol. The number of carbonyl (C=O) groups excluding carboxylic acids is 2. The molecule has 1 rings (SSSR count). The minimum absolute atomic E-state index is 0.404. The first-order chi connectivity index (χ1) is 7.50. The number of aliphatic carboxylic acids is 1. The third-order valence-corrected chi connectivity index (χ3v) is 3.13. The summed E-state index contributed by atoms with van der Waals surface area (Å²) in [6.07, 6.45) is -0.404. The molecule has 0 unspecified atom stereocenters. The summed E-state index contributed by atoms with van der Waals surface area (Å²) in [6, 6.07) is -1.26. The SMILES string of the molecule is NC(=O)C[C@H](NC(=O)[C@H]1NCCS1)C(=O)O. The molecule has 1 aliphatic heterocycles. The molecule has 1 saturated heterocycles. The molecule has 0 radical (unpaired) electrons. The van der Waals surface area contributed by atoms with E-state index in [1.54, 1.807) is 0 Å². The van der Waals surface area contributed by atoms with E-state index in [0.29, 0.717) is 6.54 Å². The van der Waals surface area contributed by atoms with Crippen molar-refractivity contribution in [2.45, 2.75) is 17.8 Å². The van der Waals surface area contributed by atoms with Crippen molar-refractivity contribution in [3.8, 4) is 0 Å². The number of nitrogens with two attached hydrogens (primary N) is 1. The number of amides is 2. The molecule has 1 aliphatic rings. The first-order valence-electron chi connectivity index (χ1n) is 4.67. The minimum atomic E-state index is -1.27. The van der Waals surface area contributed by atoms with Crippen LogP contribution < -0.4 is 16.4 Å². The molecular weight excluding hydrogens is 234 g/mol. The maximum Gasteiger partial charge on any atom is 0.326 e. The van der Waals surface area contributed by atoms with Crippen LogP contribution in [0, 0.1) is 0 Å². The molecule has 0 aromatic rings. The van der Waals surface area contributed by atoms with Gasteiger partial charge in [0.15, 0.2) is 0 Å². The molecule has 2 amide bonds. The molecule has 0 bridgehead atoms. The topological polar surface area (TPSA) is 122 Å². The summed E-state index contributed by atoms with van der Waals surface area (Å²) >= 11 is 1.39. The van der Waals surface area contributed by atoms with Gasteiger partial charge in [0, 0.05) is 12.3 Å². The van der Waals surface area contributed by atoms with Crippen molar-refractivity contribution in [1.29, 1.82) is 0 Å². The van der Waals surface area contributed by atoms with Gasteiger partial charge in [-0.1, -0.05) is 0 Å². The normalized spacial score (nSPS) is 21.4. The van der Waals surface area contributed by atoms with Crippen molar-refractivity contribution in [1.82, 2.24) is 10.6 Å². The van der Waals surface area contributed by atoms with Gasteiger partial charge in [-0.05, 0) is 0 Å². The van der Waals surface area contributed by atoms with E-state index in [9.17, 15) is 14.4 Å². The van der Waals surface area contributed by atoms with Gasteiger partial charge < -0.3 is 16.2 Å². The standard InChI is InChI=1S/C8H13N3O4S/c9-5(12)3-4(8(14)15)11-6(13)7-10-1-2-16-7/h4,7,10H,1-3H2,(H2,9,12)(H,11,13)(H,14,15)/t4-,7-/m0/s1. The van der Waals surface area contributed by atoms with Gasteiger partial charge in [0.2, 0.25) is 11.8 Å². The van der Waals surface area contributed by atoms with Crippen LogP contribution in [0.4, 0.5) is 0 Å². The number of hydrogen-bond acceptors (Lipinski definition) is 5. The Kier molecular flexibility index (Phi) is 4.56. The van der Waals surface area contributed by atoms with Crippen LogP contribution in [0.3, 0.4) is 0 Å². The molecule has 1 heterocycles. The molecular formula is C8H13N3O4S. The minimum Gasteiger partial charge on any atom is -0.480 e. The van der Waals surface area contributed by atoms with E-state index in [1.165, 1.54) is 11.8 Å². The quantitative estimate of drug-likeness (QED) is 0.450. The van der Waals surface area contributed by atoms with E-state index in [-0.39, 0.29) is 0 Å². The molecule has 5 N–H and O–H groups in total. The fourth-order valence-electron chi connectivity index (χ4n) is 1.24. The van der Waals surface area contributed by atoms with Crippen molar-refractivity contribution in [2.75, 3.05) is 12.3 Å². The third kappa shape index (κ3) is 3.70. The molecule has 0 spiro atoms. The molecule has 2 atom stereocenters. The van der Waals surface area contributed by atoms with Crippen molar-refractivity contribution in [2.24, 2.45) is 5.73 Å². The third-order valence-electron chi connectivity index (χ3n) is 1.97. The zero-order valence-corrected chi connectivity index (χ0v) is 9.25.